The molecule has 5 heteroatoms. The van der Waals surface area contributed by atoms with E-state index in [4.69, 9.17) is 9.47 Å². The van der Waals surface area contributed by atoms with Crippen molar-refractivity contribution >= 4 is 6.09 Å². The highest BCUT2D eigenvalue weighted by atomic mass is 16.6. The van der Waals surface area contributed by atoms with Gasteiger partial charge in [0.05, 0.1) is 6.10 Å². The molecular weight excluding hydrogens is 280 g/mol. The zero-order chi connectivity index (χ0) is 16.8. The van der Waals surface area contributed by atoms with Gasteiger partial charge in [0.2, 0.25) is 0 Å². The first-order chi connectivity index (χ1) is 10.2. The van der Waals surface area contributed by atoms with E-state index in [9.17, 15) is 4.79 Å². The van der Waals surface area contributed by atoms with Gasteiger partial charge < -0.3 is 20.1 Å². The van der Waals surface area contributed by atoms with E-state index in [0.29, 0.717) is 18.5 Å². The van der Waals surface area contributed by atoms with Crippen LogP contribution in [0.4, 0.5) is 4.79 Å². The second-order valence-corrected chi connectivity index (χ2v) is 7.57. The summed E-state index contributed by atoms with van der Waals surface area (Å²) in [6, 6.07) is 0.583. The number of ether oxygens (including phenoxy) is 2. The molecule has 0 bridgehead atoms. The first-order valence-corrected chi connectivity index (χ1v) is 8.48. The summed E-state index contributed by atoms with van der Waals surface area (Å²) >= 11 is 0. The molecule has 0 aromatic rings. The highest BCUT2D eigenvalue weighted by Crippen LogP contribution is 2.22. The quantitative estimate of drug-likeness (QED) is 0.791. The molecule has 2 N–H and O–H groups in total. The van der Waals surface area contributed by atoms with Crippen molar-refractivity contribution in [2.75, 3.05) is 13.7 Å². The normalized spacial score (nSPS) is 24.1. The molecule has 0 aromatic heterocycles. The van der Waals surface area contributed by atoms with Crippen LogP contribution in [0.15, 0.2) is 0 Å². The number of carbonyl (C=O) groups is 1. The van der Waals surface area contributed by atoms with Gasteiger partial charge in [-0.3, -0.25) is 0 Å². The van der Waals surface area contributed by atoms with Gasteiger partial charge in [-0.15, -0.1) is 0 Å². The molecule has 3 unspecified atom stereocenters. The summed E-state index contributed by atoms with van der Waals surface area (Å²) in [6.07, 6.45) is 4.64. The molecule has 0 aliphatic heterocycles. The molecule has 3 atom stereocenters. The monoisotopic (exact) mass is 314 g/mol. The van der Waals surface area contributed by atoms with Crippen molar-refractivity contribution in [1.29, 1.82) is 0 Å². The fraction of sp³-hybridized carbons (Fsp3) is 0.941. The Balaban J connectivity index is 2.49. The van der Waals surface area contributed by atoms with Gasteiger partial charge in [-0.1, -0.05) is 26.7 Å². The topological polar surface area (TPSA) is 59.6 Å². The molecule has 1 rings (SSSR count). The Bertz CT molecular complexity index is 339. The number of hydrogen-bond acceptors (Lipinski definition) is 4. The largest absolute Gasteiger partial charge is 0.444 e. The Morgan fingerprint density at radius 2 is 1.86 bits per heavy atom. The zero-order valence-electron chi connectivity index (χ0n) is 15.1. The number of amides is 1. The van der Waals surface area contributed by atoms with Crippen LogP contribution in [0.3, 0.4) is 0 Å². The van der Waals surface area contributed by atoms with E-state index in [2.05, 4.69) is 24.5 Å². The zero-order valence-corrected chi connectivity index (χ0v) is 15.1. The van der Waals surface area contributed by atoms with Gasteiger partial charge >= 0.3 is 6.09 Å². The summed E-state index contributed by atoms with van der Waals surface area (Å²) in [5, 5.41) is 6.56. The van der Waals surface area contributed by atoms with Crippen LogP contribution in [-0.4, -0.2) is 43.5 Å². The maximum absolute atomic E-state index is 11.8. The molecule has 1 saturated carbocycles. The van der Waals surface area contributed by atoms with Crippen LogP contribution in [0.25, 0.3) is 0 Å². The van der Waals surface area contributed by atoms with E-state index in [0.717, 1.165) is 12.8 Å². The molecule has 5 nitrogen and oxygen atoms in total. The van der Waals surface area contributed by atoms with E-state index in [1.807, 2.05) is 20.8 Å². The molecule has 1 aliphatic carbocycles. The molecular formula is C17H34N2O3. The maximum Gasteiger partial charge on any atom is 0.407 e. The Kier molecular flexibility index (Phi) is 7.63. The van der Waals surface area contributed by atoms with Crippen LogP contribution < -0.4 is 10.6 Å². The fourth-order valence-electron chi connectivity index (χ4n) is 2.84. The number of nitrogens with one attached hydrogen (secondary N) is 2. The van der Waals surface area contributed by atoms with Gasteiger partial charge in [0.1, 0.15) is 5.60 Å². The van der Waals surface area contributed by atoms with E-state index >= 15 is 0 Å². The fourth-order valence-corrected chi connectivity index (χ4v) is 2.84. The molecule has 0 saturated heterocycles. The Labute approximate surface area is 135 Å². The van der Waals surface area contributed by atoms with Crippen LogP contribution in [-0.2, 0) is 9.47 Å². The molecule has 1 fully saturated rings. The lowest BCUT2D eigenvalue weighted by molar-refractivity contribution is 0.0339. The van der Waals surface area contributed by atoms with Gasteiger partial charge in [0.25, 0.3) is 0 Å². The lowest BCUT2D eigenvalue weighted by Gasteiger charge is -2.35. The molecule has 0 spiro atoms. The lowest BCUT2D eigenvalue weighted by Crippen LogP contribution is -2.53. The Hall–Kier alpha value is -0.810. The van der Waals surface area contributed by atoms with Crippen molar-refractivity contribution in [3.8, 4) is 0 Å². The molecule has 1 aliphatic rings. The predicted molar refractivity (Wildman–Crippen MR) is 89.1 cm³/mol. The third-order valence-corrected chi connectivity index (χ3v) is 4.10. The van der Waals surface area contributed by atoms with Crippen molar-refractivity contribution in [3.63, 3.8) is 0 Å². The summed E-state index contributed by atoms with van der Waals surface area (Å²) < 4.78 is 10.9. The van der Waals surface area contributed by atoms with Crippen molar-refractivity contribution < 1.29 is 14.3 Å². The number of methoxy groups -OCH3 is 1. The maximum atomic E-state index is 11.8. The van der Waals surface area contributed by atoms with Gasteiger partial charge in [-0.25, -0.2) is 4.79 Å². The van der Waals surface area contributed by atoms with Crippen LogP contribution in [0.2, 0.25) is 0 Å². The van der Waals surface area contributed by atoms with Crippen molar-refractivity contribution in [1.82, 2.24) is 10.6 Å². The summed E-state index contributed by atoms with van der Waals surface area (Å²) in [5.41, 5.74) is -0.463. The van der Waals surface area contributed by atoms with Gasteiger partial charge in [0, 0.05) is 25.7 Å². The van der Waals surface area contributed by atoms with Crippen molar-refractivity contribution in [3.05, 3.63) is 0 Å². The van der Waals surface area contributed by atoms with Gasteiger partial charge in [-0.05, 0) is 39.5 Å². The third kappa shape index (κ3) is 6.97. The number of alkyl carbamates (subject to hydrolysis) is 1. The number of carbonyl (C=O) groups excluding carboxylic acids is 1. The average Bonchev–Trinajstić information content (AvgIpc) is 2.41. The van der Waals surface area contributed by atoms with Crippen LogP contribution in [0.5, 0.6) is 0 Å². The summed E-state index contributed by atoms with van der Waals surface area (Å²) in [4.78, 5) is 11.8. The Morgan fingerprint density at radius 1 is 1.23 bits per heavy atom. The lowest BCUT2D eigenvalue weighted by atomic mass is 9.90. The van der Waals surface area contributed by atoms with E-state index < -0.39 is 5.60 Å². The van der Waals surface area contributed by atoms with E-state index in [1.165, 1.54) is 12.8 Å². The number of rotatable bonds is 6. The highest BCUT2D eigenvalue weighted by Gasteiger charge is 2.28. The van der Waals surface area contributed by atoms with Crippen molar-refractivity contribution in [2.45, 2.75) is 84.1 Å². The minimum absolute atomic E-state index is 0.216. The summed E-state index contributed by atoms with van der Waals surface area (Å²) in [7, 11) is 1.79. The van der Waals surface area contributed by atoms with Gasteiger partial charge in [0.15, 0.2) is 0 Å². The predicted octanol–water partition coefficient (Wildman–Crippen LogP) is 3.08. The number of hydrogen-bond donors (Lipinski definition) is 2. The average molecular weight is 314 g/mol. The standard InChI is InChI=1S/C17H34N2O3/c1-12(2)14(11-18-16(20)22-17(3,4)5)19-13-9-7-8-10-15(13)21-6/h12-15,19H,7-11H2,1-6H3,(H,18,20). The second-order valence-electron chi connectivity index (χ2n) is 7.57. The van der Waals surface area contributed by atoms with Gasteiger partial charge in [-0.2, -0.15) is 0 Å². The summed E-state index contributed by atoms with van der Waals surface area (Å²) in [5.74, 6) is 0.425. The Morgan fingerprint density at radius 3 is 2.41 bits per heavy atom. The van der Waals surface area contributed by atoms with Crippen LogP contribution >= 0.6 is 0 Å². The highest BCUT2D eigenvalue weighted by molar-refractivity contribution is 5.67. The van der Waals surface area contributed by atoms with Crippen molar-refractivity contribution in [2.24, 2.45) is 5.92 Å². The second kappa shape index (κ2) is 8.73. The molecule has 0 heterocycles. The molecule has 130 valence electrons. The first-order valence-electron chi connectivity index (χ1n) is 8.48. The molecule has 0 radical (unpaired) electrons. The molecule has 0 aromatic carbocycles. The van der Waals surface area contributed by atoms with Crippen LogP contribution in [0, 0.1) is 5.92 Å². The van der Waals surface area contributed by atoms with E-state index in [1.54, 1.807) is 7.11 Å². The van der Waals surface area contributed by atoms with Crippen LogP contribution in [0.1, 0.15) is 60.3 Å². The smallest absolute Gasteiger partial charge is 0.407 e. The molecule has 1 amide bonds. The minimum atomic E-state index is -0.463. The summed E-state index contributed by atoms with van der Waals surface area (Å²) in [6.45, 7) is 10.5. The first kappa shape index (κ1) is 19.2. The SMILES string of the molecule is COC1CCCCC1NC(CNC(=O)OC(C)(C)C)C(C)C. The van der Waals surface area contributed by atoms with E-state index in [-0.39, 0.29) is 18.2 Å². The third-order valence-electron chi connectivity index (χ3n) is 4.10. The minimum Gasteiger partial charge on any atom is -0.444 e. The molecule has 22 heavy (non-hydrogen) atoms.